The van der Waals surface area contributed by atoms with E-state index in [1.54, 1.807) is 42.9 Å². The van der Waals surface area contributed by atoms with Gasteiger partial charge in [0.25, 0.3) is 11.7 Å². The molecule has 1 aromatic heterocycles. The number of benzene rings is 3. The fourth-order valence-corrected chi connectivity index (χ4v) is 4.24. The lowest BCUT2D eigenvalue weighted by Gasteiger charge is -2.26. The number of aromatic amines is 1. The first-order chi connectivity index (χ1) is 16.9. The smallest absolute Gasteiger partial charge is 0.299 e. The predicted molar refractivity (Wildman–Crippen MR) is 130 cm³/mol. The number of H-pyrrole nitrogens is 1. The van der Waals surface area contributed by atoms with Gasteiger partial charge in [-0.15, -0.1) is 0 Å². The summed E-state index contributed by atoms with van der Waals surface area (Å²) < 4.78 is 13.6. The van der Waals surface area contributed by atoms with E-state index in [0.717, 1.165) is 33.9 Å². The summed E-state index contributed by atoms with van der Waals surface area (Å²) in [6, 6.07) is 17.9. The average Bonchev–Trinajstić information content (AvgIpc) is 3.47. The van der Waals surface area contributed by atoms with Crippen molar-refractivity contribution in [2.24, 2.45) is 0 Å². The van der Waals surface area contributed by atoms with Gasteiger partial charge in [0.1, 0.15) is 12.4 Å². The van der Waals surface area contributed by atoms with E-state index in [2.05, 4.69) is 9.97 Å². The average molecular weight is 489 g/mol. The molecule has 1 N–H and O–H groups in total. The van der Waals surface area contributed by atoms with Crippen molar-refractivity contribution in [3.63, 3.8) is 0 Å². The summed E-state index contributed by atoms with van der Waals surface area (Å²) in [5, 5.41) is 0.528. The number of hydrogen-bond donors (Lipinski definition) is 1. The first-order valence-corrected chi connectivity index (χ1v) is 11.1. The monoisotopic (exact) mass is 488 g/mol. The number of carbonyl (C=O) groups excluding carboxylic acids is 3. The minimum atomic E-state index is -0.865. The lowest BCUT2D eigenvalue weighted by molar-refractivity contribution is -0.120. The normalized spacial score (nSPS) is 12.7. The zero-order valence-corrected chi connectivity index (χ0v) is 19.0. The molecule has 35 heavy (non-hydrogen) atoms. The first-order valence-electron chi connectivity index (χ1n) is 10.7. The summed E-state index contributed by atoms with van der Waals surface area (Å²) in [5.41, 5.74) is 3.26. The summed E-state index contributed by atoms with van der Waals surface area (Å²) >= 11 is 6.14. The van der Waals surface area contributed by atoms with Crippen LogP contribution in [0.1, 0.15) is 15.9 Å². The van der Waals surface area contributed by atoms with Gasteiger partial charge in [-0.25, -0.2) is 9.37 Å². The topological polar surface area (TPSA) is 86.4 Å². The van der Waals surface area contributed by atoms with E-state index in [0.29, 0.717) is 10.7 Å². The summed E-state index contributed by atoms with van der Waals surface area (Å²) in [4.78, 5) is 48.1. The van der Waals surface area contributed by atoms with Crippen LogP contribution in [0.15, 0.2) is 79.3 Å². The molecule has 0 unspecified atom stereocenters. The minimum absolute atomic E-state index is 0.0481. The van der Waals surface area contributed by atoms with Gasteiger partial charge in [-0.3, -0.25) is 19.3 Å². The van der Waals surface area contributed by atoms with Crippen molar-refractivity contribution in [1.29, 1.82) is 0 Å². The highest BCUT2D eigenvalue weighted by Crippen LogP contribution is 2.30. The number of fused-ring (bicyclic) bond motifs is 1. The Balaban J connectivity index is 1.46. The van der Waals surface area contributed by atoms with Crippen molar-refractivity contribution in [2.75, 3.05) is 16.3 Å². The summed E-state index contributed by atoms with van der Waals surface area (Å²) in [5.74, 6) is -2.75. The van der Waals surface area contributed by atoms with Crippen molar-refractivity contribution >= 4 is 40.6 Å². The number of carbonyl (C=O) groups is 3. The number of aromatic nitrogens is 2. The van der Waals surface area contributed by atoms with Gasteiger partial charge >= 0.3 is 0 Å². The molecule has 0 fully saturated rings. The predicted octanol–water partition coefficient (Wildman–Crippen LogP) is 4.63. The zero-order chi connectivity index (χ0) is 24.5. The third kappa shape index (κ3) is 4.43. The largest absolute Gasteiger partial charge is 0.345 e. The molecule has 0 aliphatic carbocycles. The fraction of sp³-hybridized carbons (Fsp3) is 0.0769. The maximum atomic E-state index is 13.6. The molecular formula is C26H18ClFN4O3. The highest BCUT2D eigenvalue weighted by atomic mass is 35.5. The number of amides is 2. The number of ketones is 1. The Morgan fingerprint density at radius 3 is 2.57 bits per heavy atom. The lowest BCUT2D eigenvalue weighted by atomic mass is 10.1. The van der Waals surface area contributed by atoms with Crippen LogP contribution in [0.25, 0.3) is 11.3 Å². The van der Waals surface area contributed by atoms with Crippen LogP contribution in [0.5, 0.6) is 0 Å². The molecule has 0 radical (unpaired) electrons. The van der Waals surface area contributed by atoms with Crippen LogP contribution in [0, 0.1) is 5.82 Å². The zero-order valence-electron chi connectivity index (χ0n) is 18.2. The second kappa shape index (κ2) is 9.15. The van der Waals surface area contributed by atoms with Gasteiger partial charge in [-0.2, -0.15) is 0 Å². The van der Waals surface area contributed by atoms with Gasteiger partial charge in [0.2, 0.25) is 5.91 Å². The molecular weight excluding hydrogens is 471 g/mol. The van der Waals surface area contributed by atoms with Gasteiger partial charge in [0.15, 0.2) is 0 Å². The lowest BCUT2D eigenvalue weighted by Crippen LogP contribution is -2.42. The molecule has 2 amide bonds. The van der Waals surface area contributed by atoms with E-state index in [1.165, 1.54) is 11.0 Å². The van der Waals surface area contributed by atoms with Crippen LogP contribution in [0.4, 0.5) is 15.8 Å². The van der Waals surface area contributed by atoms with E-state index in [-0.39, 0.29) is 24.3 Å². The van der Waals surface area contributed by atoms with Crippen molar-refractivity contribution in [1.82, 2.24) is 9.97 Å². The molecule has 4 aromatic rings. The van der Waals surface area contributed by atoms with Gasteiger partial charge in [0.05, 0.1) is 36.0 Å². The number of rotatable bonds is 6. The minimum Gasteiger partial charge on any atom is -0.345 e. The Morgan fingerprint density at radius 2 is 1.86 bits per heavy atom. The van der Waals surface area contributed by atoms with Gasteiger partial charge < -0.3 is 9.88 Å². The highest BCUT2D eigenvalue weighted by molar-refractivity contribution is 6.52. The van der Waals surface area contributed by atoms with Crippen LogP contribution in [-0.2, 0) is 16.1 Å². The number of anilines is 2. The number of Topliss-reactive ketones (excluding diaryl/α,β-unsaturated/α-hetero) is 1. The van der Waals surface area contributed by atoms with Crippen LogP contribution < -0.4 is 9.80 Å². The maximum Gasteiger partial charge on any atom is 0.299 e. The van der Waals surface area contributed by atoms with Crippen molar-refractivity contribution in [3.8, 4) is 11.3 Å². The fourth-order valence-electron chi connectivity index (χ4n) is 4.03. The Bertz CT molecular complexity index is 1440. The summed E-state index contributed by atoms with van der Waals surface area (Å²) in [6.45, 7) is -0.193. The third-order valence-electron chi connectivity index (χ3n) is 5.75. The second-order valence-electron chi connectivity index (χ2n) is 8.00. The van der Waals surface area contributed by atoms with E-state index in [4.69, 9.17) is 11.6 Å². The summed E-state index contributed by atoms with van der Waals surface area (Å²) in [6.07, 6.45) is 3.27. The number of hydrogen-bond acceptors (Lipinski definition) is 4. The van der Waals surface area contributed by atoms with Crippen LogP contribution in [-0.4, -0.2) is 34.1 Å². The van der Waals surface area contributed by atoms with Gasteiger partial charge in [-0.1, -0.05) is 35.9 Å². The van der Waals surface area contributed by atoms with Gasteiger partial charge in [0, 0.05) is 10.7 Å². The molecule has 174 valence electrons. The SMILES string of the molecule is O=C1C(=O)N(CC(=O)N(Cc2cccc(Cl)c2)c2ccc(-c3cnc[nH]3)cc2)c2ccc(F)cc21. The Labute approximate surface area is 204 Å². The van der Waals surface area contributed by atoms with E-state index in [1.807, 2.05) is 18.2 Å². The molecule has 0 atom stereocenters. The molecule has 5 rings (SSSR count). The van der Waals surface area contributed by atoms with Crippen molar-refractivity contribution in [3.05, 3.63) is 101 Å². The van der Waals surface area contributed by atoms with E-state index >= 15 is 0 Å². The first kappa shape index (κ1) is 22.5. The molecule has 3 aromatic carbocycles. The van der Waals surface area contributed by atoms with E-state index in [9.17, 15) is 18.8 Å². The van der Waals surface area contributed by atoms with E-state index < -0.39 is 23.4 Å². The van der Waals surface area contributed by atoms with Crippen LogP contribution in [0.3, 0.4) is 0 Å². The number of nitrogens with one attached hydrogen (secondary N) is 1. The number of imidazole rings is 1. The maximum absolute atomic E-state index is 13.6. The van der Waals surface area contributed by atoms with Crippen LogP contribution in [0.2, 0.25) is 5.02 Å². The Morgan fingerprint density at radius 1 is 1.06 bits per heavy atom. The van der Waals surface area contributed by atoms with Crippen molar-refractivity contribution < 1.29 is 18.8 Å². The highest BCUT2D eigenvalue weighted by Gasteiger charge is 2.38. The molecule has 0 bridgehead atoms. The molecule has 7 nitrogen and oxygen atoms in total. The summed E-state index contributed by atoms with van der Waals surface area (Å²) in [7, 11) is 0. The number of halogens is 2. The second-order valence-corrected chi connectivity index (χ2v) is 8.44. The quantitative estimate of drug-likeness (QED) is 0.401. The van der Waals surface area contributed by atoms with Crippen molar-refractivity contribution in [2.45, 2.75) is 6.54 Å². The molecule has 9 heteroatoms. The molecule has 1 aliphatic heterocycles. The molecule has 2 heterocycles. The van der Waals surface area contributed by atoms with Gasteiger partial charge in [-0.05, 0) is 53.6 Å². The van der Waals surface area contributed by atoms with Crippen LogP contribution >= 0.6 is 11.6 Å². The molecule has 0 saturated heterocycles. The molecule has 0 saturated carbocycles. The molecule has 0 spiro atoms. The number of nitrogens with zero attached hydrogens (tertiary/aromatic N) is 3. The molecule has 1 aliphatic rings. The third-order valence-corrected chi connectivity index (χ3v) is 5.98. The Hall–Kier alpha value is -4.30. The standard InChI is InChI=1S/C26H18ClFN4O3/c27-18-3-1-2-16(10-18)13-31(20-7-4-17(5-8-20)22-12-29-15-30-22)24(33)14-32-23-9-6-19(28)11-21(23)25(34)26(32)35/h1-12,15H,13-14H2,(H,29,30). The Kier molecular flexibility index (Phi) is 5.88.